The Kier molecular flexibility index (Phi) is 10.8. The minimum Gasteiger partial charge on any atom is -0.500 e. The number of hydrogen-bond acceptors (Lipinski definition) is 7. The molecule has 0 aromatic heterocycles. The van der Waals surface area contributed by atoms with E-state index in [1.807, 2.05) is 12.1 Å². The zero-order valence-electron chi connectivity index (χ0n) is 28.1. The zero-order chi connectivity index (χ0) is 31.6. The van der Waals surface area contributed by atoms with Gasteiger partial charge in [-0.15, -0.1) is 0 Å². The van der Waals surface area contributed by atoms with Gasteiger partial charge in [-0.05, 0) is 61.0 Å². The molecule has 0 saturated heterocycles. The normalized spacial score (nSPS) is 25.5. The summed E-state index contributed by atoms with van der Waals surface area (Å²) < 4.78 is 37.8. The minimum absolute atomic E-state index is 0.0536. The lowest BCUT2D eigenvalue weighted by atomic mass is 9.52. The van der Waals surface area contributed by atoms with Crippen LogP contribution in [0, 0.1) is 11.3 Å². The van der Waals surface area contributed by atoms with Gasteiger partial charge in [-0.3, -0.25) is 4.79 Å². The fourth-order valence-corrected chi connectivity index (χ4v) is 13.8. The highest BCUT2D eigenvalue weighted by atomic mass is 28.4. The van der Waals surface area contributed by atoms with Gasteiger partial charge < -0.3 is 28.1 Å². The largest absolute Gasteiger partial charge is 0.500 e. The number of fused-ring (bicyclic) bond motifs is 2. The van der Waals surface area contributed by atoms with Crippen molar-refractivity contribution in [2.75, 3.05) is 35.5 Å². The average Bonchev–Trinajstić information content (AvgIpc) is 2.95. The highest BCUT2D eigenvalue weighted by Gasteiger charge is 2.71. The van der Waals surface area contributed by atoms with Crippen LogP contribution < -0.4 is 9.47 Å². The second-order valence-corrected chi connectivity index (χ2v) is 18.5. The lowest BCUT2D eigenvalue weighted by Crippen LogP contribution is -2.70. The van der Waals surface area contributed by atoms with Crippen molar-refractivity contribution in [2.24, 2.45) is 11.3 Å². The Morgan fingerprint density at radius 3 is 1.93 bits per heavy atom. The standard InChI is InChI=1S/C34H54O7Si/c1-21(2)16-17-33-20-29(41-42(22(3)4,23(5)6)24(7)8)31(25-14-15-26(36-9)27(18-25)37-10)32(34(33,39-12)40-13)28(38-11)19-30(33)35/h14-16,18-19,22-24,29,31-32H,17,20H2,1-13H3/t29-,31+,32+,33-/m0/s1. The number of carbonyl (C=O) groups excluding carboxylic acids is 1. The summed E-state index contributed by atoms with van der Waals surface area (Å²) in [5.41, 5.74) is 2.20. The Morgan fingerprint density at radius 1 is 0.905 bits per heavy atom. The van der Waals surface area contributed by atoms with Crippen molar-refractivity contribution in [2.45, 2.75) is 103 Å². The van der Waals surface area contributed by atoms with Gasteiger partial charge in [-0.1, -0.05) is 59.3 Å². The number of ether oxygens (including phenoxy) is 5. The molecule has 236 valence electrons. The maximum Gasteiger partial charge on any atom is 0.200 e. The van der Waals surface area contributed by atoms with Crippen molar-refractivity contribution >= 4 is 14.1 Å². The molecule has 1 aromatic carbocycles. The number of carbonyl (C=O) groups is 1. The van der Waals surface area contributed by atoms with Gasteiger partial charge in [0, 0.05) is 26.2 Å². The number of rotatable bonds is 13. The molecule has 0 unspecified atom stereocenters. The molecular formula is C34H54O7Si. The van der Waals surface area contributed by atoms with Crippen molar-refractivity contribution in [3.8, 4) is 11.5 Å². The Labute approximate surface area is 255 Å². The molecule has 0 spiro atoms. The summed E-state index contributed by atoms with van der Waals surface area (Å²) in [6, 6.07) is 6.01. The molecular weight excluding hydrogens is 548 g/mol. The highest BCUT2D eigenvalue weighted by molar-refractivity contribution is 6.77. The van der Waals surface area contributed by atoms with Crippen LogP contribution in [0.5, 0.6) is 11.5 Å². The number of benzene rings is 1. The van der Waals surface area contributed by atoms with Crippen LogP contribution in [-0.2, 0) is 23.4 Å². The molecule has 1 fully saturated rings. The van der Waals surface area contributed by atoms with Gasteiger partial charge in [0.2, 0.25) is 8.32 Å². The fourth-order valence-electron chi connectivity index (χ4n) is 8.23. The second kappa shape index (κ2) is 13.2. The van der Waals surface area contributed by atoms with E-state index in [1.165, 1.54) is 0 Å². The summed E-state index contributed by atoms with van der Waals surface area (Å²) in [4.78, 5) is 14.4. The molecule has 42 heavy (non-hydrogen) atoms. The zero-order valence-corrected chi connectivity index (χ0v) is 29.1. The lowest BCUT2D eigenvalue weighted by Gasteiger charge is -2.61. The molecule has 3 rings (SSSR count). The van der Waals surface area contributed by atoms with Crippen molar-refractivity contribution in [1.82, 2.24) is 0 Å². The quantitative estimate of drug-likeness (QED) is 0.130. The van der Waals surface area contributed by atoms with Crippen molar-refractivity contribution in [3.63, 3.8) is 0 Å². The van der Waals surface area contributed by atoms with Crippen LogP contribution in [-0.4, -0.2) is 61.5 Å². The molecule has 2 aliphatic carbocycles. The van der Waals surface area contributed by atoms with E-state index in [0.717, 1.165) is 11.1 Å². The summed E-state index contributed by atoms with van der Waals surface area (Å²) in [7, 11) is 5.77. The third-order valence-corrected chi connectivity index (χ3v) is 16.1. The average molecular weight is 603 g/mol. The van der Waals surface area contributed by atoms with Crippen LogP contribution in [0.4, 0.5) is 0 Å². The maximum absolute atomic E-state index is 14.4. The van der Waals surface area contributed by atoms with E-state index in [1.54, 1.807) is 41.6 Å². The number of methoxy groups -OCH3 is 5. The molecule has 2 bridgehead atoms. The first kappa shape index (κ1) is 34.4. The summed E-state index contributed by atoms with van der Waals surface area (Å²) in [5, 5.41) is 0. The summed E-state index contributed by atoms with van der Waals surface area (Å²) >= 11 is 0. The van der Waals surface area contributed by atoms with Crippen molar-refractivity contribution < 1.29 is 32.9 Å². The molecule has 0 aliphatic heterocycles. The lowest BCUT2D eigenvalue weighted by molar-refractivity contribution is -0.321. The van der Waals surface area contributed by atoms with Crippen LogP contribution in [0.1, 0.15) is 79.7 Å². The van der Waals surface area contributed by atoms with Gasteiger partial charge in [-0.25, -0.2) is 0 Å². The topological polar surface area (TPSA) is 72.5 Å². The van der Waals surface area contributed by atoms with Crippen LogP contribution in [0.3, 0.4) is 0 Å². The van der Waals surface area contributed by atoms with E-state index >= 15 is 0 Å². The molecule has 0 radical (unpaired) electrons. The van der Waals surface area contributed by atoms with Gasteiger partial charge in [0.25, 0.3) is 0 Å². The number of allylic oxidation sites excluding steroid dienone is 3. The third-order valence-electron chi connectivity index (χ3n) is 9.99. The highest BCUT2D eigenvalue weighted by Crippen LogP contribution is 2.64. The molecule has 1 aromatic rings. The summed E-state index contributed by atoms with van der Waals surface area (Å²) in [6.45, 7) is 17.9. The maximum atomic E-state index is 14.4. The first-order valence-electron chi connectivity index (χ1n) is 15.2. The second-order valence-electron chi connectivity index (χ2n) is 13.1. The van der Waals surface area contributed by atoms with E-state index in [4.69, 9.17) is 28.1 Å². The van der Waals surface area contributed by atoms with E-state index in [0.29, 0.717) is 46.7 Å². The Hall–Kier alpha value is -2.13. The number of ketones is 1. The SMILES string of the molecule is COC1=CC(=O)[C@]2(CC=C(C)C)C[C@H](O[Si](C(C)C)(C(C)C)C(C)C)[C@@H](c3ccc(OC)c(OC)c3)[C@@H]1C2(OC)OC. The first-order valence-corrected chi connectivity index (χ1v) is 17.3. The molecule has 1 saturated carbocycles. The van der Waals surface area contributed by atoms with Gasteiger partial charge in [0.15, 0.2) is 23.1 Å². The van der Waals surface area contributed by atoms with Gasteiger partial charge in [0.1, 0.15) is 5.76 Å². The molecule has 8 heteroatoms. The van der Waals surface area contributed by atoms with Crippen molar-refractivity contribution in [1.29, 1.82) is 0 Å². The Bertz CT molecular complexity index is 1140. The molecule has 7 nitrogen and oxygen atoms in total. The third kappa shape index (κ3) is 5.37. The van der Waals surface area contributed by atoms with Crippen LogP contribution in [0.2, 0.25) is 16.6 Å². The molecule has 0 amide bonds. The number of hydrogen-bond donors (Lipinski definition) is 0. The molecule has 0 N–H and O–H groups in total. The van der Waals surface area contributed by atoms with E-state index in [-0.39, 0.29) is 17.8 Å². The van der Waals surface area contributed by atoms with Crippen LogP contribution in [0.25, 0.3) is 0 Å². The summed E-state index contributed by atoms with van der Waals surface area (Å²) in [5.74, 6) is -0.245. The van der Waals surface area contributed by atoms with Gasteiger partial charge in [0.05, 0.1) is 38.8 Å². The first-order chi connectivity index (χ1) is 19.8. The van der Waals surface area contributed by atoms with Crippen LogP contribution >= 0.6 is 0 Å². The van der Waals surface area contributed by atoms with E-state index in [9.17, 15) is 4.79 Å². The summed E-state index contributed by atoms with van der Waals surface area (Å²) in [6.07, 6.45) is 4.40. The van der Waals surface area contributed by atoms with Crippen molar-refractivity contribution in [3.05, 3.63) is 47.2 Å². The van der Waals surface area contributed by atoms with E-state index in [2.05, 4.69) is 67.5 Å². The van der Waals surface area contributed by atoms with Crippen LogP contribution in [0.15, 0.2) is 41.7 Å². The monoisotopic (exact) mass is 602 g/mol. The van der Waals surface area contributed by atoms with Gasteiger partial charge in [-0.2, -0.15) is 0 Å². The molecule has 2 aliphatic rings. The van der Waals surface area contributed by atoms with E-state index < -0.39 is 25.4 Å². The Morgan fingerprint density at radius 2 is 1.48 bits per heavy atom. The predicted molar refractivity (Wildman–Crippen MR) is 170 cm³/mol. The minimum atomic E-state index is -2.40. The van der Waals surface area contributed by atoms with Gasteiger partial charge >= 0.3 is 0 Å². The fraction of sp³-hybridized carbons (Fsp3) is 0.676. The molecule has 0 heterocycles. The smallest absolute Gasteiger partial charge is 0.200 e. The predicted octanol–water partition coefficient (Wildman–Crippen LogP) is 7.81. The molecule has 4 atom stereocenters. The Balaban J connectivity index is 2.44.